The second kappa shape index (κ2) is 10.0. The van der Waals surface area contributed by atoms with Crippen LogP contribution in [0.15, 0.2) is 0 Å². The Bertz CT molecular complexity index is 241. The Hall–Kier alpha value is -0.810. The third kappa shape index (κ3) is 6.78. The van der Waals surface area contributed by atoms with Crippen molar-refractivity contribution in [3.63, 3.8) is 0 Å². The van der Waals surface area contributed by atoms with E-state index in [2.05, 4.69) is 12.2 Å². The molecule has 0 aliphatic carbocycles. The topological polar surface area (TPSA) is 50.8 Å². The number of hydrogen-bond acceptors (Lipinski definition) is 4. The zero-order valence-electron chi connectivity index (χ0n) is 12.3. The Morgan fingerprint density at radius 1 is 1.26 bits per heavy atom. The molecular weight excluding hydrogens is 244 g/mol. The summed E-state index contributed by atoms with van der Waals surface area (Å²) in [6.07, 6.45) is 4.13. The van der Waals surface area contributed by atoms with Gasteiger partial charge in [0.25, 0.3) is 0 Å². The van der Waals surface area contributed by atoms with Crippen molar-refractivity contribution in [3.05, 3.63) is 0 Å². The minimum Gasteiger partial charge on any atom is -0.450 e. The van der Waals surface area contributed by atoms with E-state index < -0.39 is 0 Å². The van der Waals surface area contributed by atoms with E-state index in [1.54, 1.807) is 4.90 Å². The van der Waals surface area contributed by atoms with Crippen molar-refractivity contribution in [2.45, 2.75) is 45.6 Å². The molecule has 1 aliphatic rings. The molecule has 112 valence electrons. The van der Waals surface area contributed by atoms with Gasteiger partial charge in [-0.2, -0.15) is 0 Å². The number of hydrogen-bond donors (Lipinski definition) is 1. The number of nitrogens with one attached hydrogen (secondary N) is 1. The Kier molecular flexibility index (Phi) is 8.58. The normalized spacial score (nSPS) is 16.6. The fraction of sp³-hybridized carbons (Fsp3) is 0.929. The summed E-state index contributed by atoms with van der Waals surface area (Å²) in [6.45, 7) is 8.56. The summed E-state index contributed by atoms with van der Waals surface area (Å²) < 4.78 is 10.5. The van der Waals surface area contributed by atoms with Crippen LogP contribution < -0.4 is 5.32 Å². The van der Waals surface area contributed by atoms with E-state index in [0.29, 0.717) is 12.6 Å². The lowest BCUT2D eigenvalue weighted by Crippen LogP contribution is -2.45. The molecular formula is C14H28N2O3. The predicted octanol–water partition coefficient (Wildman–Crippen LogP) is 2.01. The predicted molar refractivity (Wildman–Crippen MR) is 75.3 cm³/mol. The minimum absolute atomic E-state index is 0.177. The standard InChI is InChI=1S/C14H28N2O3/c1-3-5-11-18-12-8-15-13-6-9-16(10-7-13)14(17)19-4-2/h13,15H,3-12H2,1-2H3. The van der Waals surface area contributed by atoms with Gasteiger partial charge in [-0.3, -0.25) is 0 Å². The van der Waals surface area contributed by atoms with E-state index in [1.165, 1.54) is 6.42 Å². The van der Waals surface area contributed by atoms with Crippen LogP contribution in [-0.2, 0) is 9.47 Å². The quantitative estimate of drug-likeness (QED) is 0.687. The minimum atomic E-state index is -0.177. The number of rotatable bonds is 8. The summed E-state index contributed by atoms with van der Waals surface area (Å²) in [5, 5.41) is 3.49. The molecule has 0 unspecified atom stereocenters. The highest BCUT2D eigenvalue weighted by molar-refractivity contribution is 5.67. The highest BCUT2D eigenvalue weighted by atomic mass is 16.6. The Labute approximate surface area is 116 Å². The highest BCUT2D eigenvalue weighted by Gasteiger charge is 2.22. The van der Waals surface area contributed by atoms with Crippen LogP contribution in [0.3, 0.4) is 0 Å². The summed E-state index contributed by atoms with van der Waals surface area (Å²) in [5.41, 5.74) is 0. The zero-order chi connectivity index (χ0) is 13.9. The van der Waals surface area contributed by atoms with Crippen molar-refractivity contribution in [2.75, 3.05) is 39.5 Å². The molecule has 0 aromatic rings. The molecule has 1 heterocycles. The molecule has 0 aromatic carbocycles. The second-order valence-corrected chi connectivity index (χ2v) is 4.88. The Balaban J connectivity index is 2.02. The van der Waals surface area contributed by atoms with Gasteiger partial charge in [-0.15, -0.1) is 0 Å². The number of ether oxygens (including phenoxy) is 2. The van der Waals surface area contributed by atoms with Gasteiger partial charge < -0.3 is 19.7 Å². The Morgan fingerprint density at radius 2 is 2.00 bits per heavy atom. The molecule has 19 heavy (non-hydrogen) atoms. The van der Waals surface area contributed by atoms with Crippen molar-refractivity contribution in [2.24, 2.45) is 0 Å². The maximum Gasteiger partial charge on any atom is 0.409 e. The van der Waals surface area contributed by atoms with E-state index in [4.69, 9.17) is 9.47 Å². The van der Waals surface area contributed by atoms with Gasteiger partial charge in [0.2, 0.25) is 0 Å². The summed E-state index contributed by atoms with van der Waals surface area (Å²) in [5.74, 6) is 0. The van der Waals surface area contributed by atoms with Crippen molar-refractivity contribution >= 4 is 6.09 Å². The van der Waals surface area contributed by atoms with Gasteiger partial charge in [0.05, 0.1) is 13.2 Å². The van der Waals surface area contributed by atoms with Crippen molar-refractivity contribution in [1.82, 2.24) is 10.2 Å². The number of piperidine rings is 1. The van der Waals surface area contributed by atoms with E-state index >= 15 is 0 Å². The first kappa shape index (κ1) is 16.2. The molecule has 1 N–H and O–H groups in total. The molecule has 1 amide bonds. The van der Waals surface area contributed by atoms with E-state index in [0.717, 1.165) is 52.1 Å². The van der Waals surface area contributed by atoms with Gasteiger partial charge in [0, 0.05) is 32.3 Å². The molecule has 5 nitrogen and oxygen atoms in total. The van der Waals surface area contributed by atoms with Gasteiger partial charge in [-0.25, -0.2) is 4.79 Å². The first-order chi connectivity index (χ1) is 9.27. The molecule has 0 saturated carbocycles. The van der Waals surface area contributed by atoms with E-state index in [9.17, 15) is 4.79 Å². The van der Waals surface area contributed by atoms with Crippen LogP contribution in [0, 0.1) is 0 Å². The van der Waals surface area contributed by atoms with E-state index in [-0.39, 0.29) is 6.09 Å². The van der Waals surface area contributed by atoms with Crippen molar-refractivity contribution < 1.29 is 14.3 Å². The molecule has 1 aliphatic heterocycles. The lowest BCUT2D eigenvalue weighted by Gasteiger charge is -2.31. The monoisotopic (exact) mass is 272 g/mol. The fourth-order valence-corrected chi connectivity index (χ4v) is 2.16. The van der Waals surface area contributed by atoms with Crippen LogP contribution >= 0.6 is 0 Å². The number of carbonyl (C=O) groups excluding carboxylic acids is 1. The maximum atomic E-state index is 11.5. The number of amides is 1. The molecule has 0 aromatic heterocycles. The number of unbranched alkanes of at least 4 members (excludes halogenated alkanes) is 1. The lowest BCUT2D eigenvalue weighted by molar-refractivity contribution is 0.0925. The third-order valence-corrected chi connectivity index (χ3v) is 3.34. The van der Waals surface area contributed by atoms with Crippen molar-refractivity contribution in [3.8, 4) is 0 Å². The largest absolute Gasteiger partial charge is 0.450 e. The summed E-state index contributed by atoms with van der Waals surface area (Å²) in [4.78, 5) is 13.3. The van der Waals surface area contributed by atoms with Gasteiger partial charge in [-0.1, -0.05) is 13.3 Å². The SMILES string of the molecule is CCCCOCCNC1CCN(C(=O)OCC)CC1. The molecule has 1 rings (SSSR count). The van der Waals surface area contributed by atoms with E-state index in [1.807, 2.05) is 6.92 Å². The van der Waals surface area contributed by atoms with Gasteiger partial charge in [0.15, 0.2) is 0 Å². The highest BCUT2D eigenvalue weighted by Crippen LogP contribution is 2.11. The summed E-state index contributed by atoms with van der Waals surface area (Å²) in [7, 11) is 0. The van der Waals surface area contributed by atoms with Crippen LogP contribution in [0.4, 0.5) is 4.79 Å². The average Bonchev–Trinajstić information content (AvgIpc) is 2.43. The van der Waals surface area contributed by atoms with Crippen molar-refractivity contribution in [1.29, 1.82) is 0 Å². The first-order valence-corrected chi connectivity index (χ1v) is 7.50. The van der Waals surface area contributed by atoms with Crippen LogP contribution in [0.1, 0.15) is 39.5 Å². The number of nitrogens with zero attached hydrogens (tertiary/aromatic N) is 1. The zero-order valence-corrected chi connectivity index (χ0v) is 12.3. The average molecular weight is 272 g/mol. The fourth-order valence-electron chi connectivity index (χ4n) is 2.16. The number of likely N-dealkylation sites (tertiary alicyclic amines) is 1. The van der Waals surface area contributed by atoms with Crippen LogP contribution in [0.25, 0.3) is 0 Å². The van der Waals surface area contributed by atoms with Crippen LogP contribution in [0.5, 0.6) is 0 Å². The van der Waals surface area contributed by atoms with Crippen LogP contribution in [-0.4, -0.2) is 56.5 Å². The van der Waals surface area contributed by atoms with Gasteiger partial charge in [0.1, 0.15) is 0 Å². The molecule has 1 fully saturated rings. The summed E-state index contributed by atoms with van der Waals surface area (Å²) >= 11 is 0. The molecule has 5 heteroatoms. The molecule has 0 atom stereocenters. The van der Waals surface area contributed by atoms with Crippen LogP contribution in [0.2, 0.25) is 0 Å². The second-order valence-electron chi connectivity index (χ2n) is 4.88. The maximum absolute atomic E-state index is 11.5. The number of carbonyl (C=O) groups is 1. The van der Waals surface area contributed by atoms with Gasteiger partial charge in [-0.05, 0) is 26.2 Å². The summed E-state index contributed by atoms with van der Waals surface area (Å²) in [6, 6.07) is 0.500. The third-order valence-electron chi connectivity index (χ3n) is 3.34. The Morgan fingerprint density at radius 3 is 2.63 bits per heavy atom. The van der Waals surface area contributed by atoms with Gasteiger partial charge >= 0.3 is 6.09 Å². The lowest BCUT2D eigenvalue weighted by atomic mass is 10.1. The molecule has 1 saturated heterocycles. The first-order valence-electron chi connectivity index (χ1n) is 7.50. The molecule has 0 bridgehead atoms. The molecule has 0 spiro atoms. The smallest absolute Gasteiger partial charge is 0.409 e. The molecule has 0 radical (unpaired) electrons.